The molecule has 1 atom stereocenters. The van der Waals surface area contributed by atoms with Crippen LogP contribution in [0.25, 0.3) is 0 Å². The number of carbonyl (C=O) groups excluding carboxylic acids is 1. The Morgan fingerprint density at radius 1 is 1.17 bits per heavy atom. The minimum absolute atomic E-state index is 0.111. The molecule has 3 aliphatic rings. The van der Waals surface area contributed by atoms with Crippen molar-refractivity contribution in [2.45, 2.75) is 25.8 Å². The van der Waals surface area contributed by atoms with Crippen molar-refractivity contribution >= 4 is 11.6 Å². The van der Waals surface area contributed by atoms with Gasteiger partial charge in [-0.2, -0.15) is 0 Å². The largest absolute Gasteiger partial charge is 0.495 e. The van der Waals surface area contributed by atoms with Gasteiger partial charge >= 0.3 is 0 Å². The summed E-state index contributed by atoms with van der Waals surface area (Å²) in [6.45, 7) is 3.26. The SMILES string of the molecule is COc1ccccc1NC(=O)[C@@H]1CC12CCN(Cc1ccc3c(c1)OCO3)CC2. The first kappa shape index (κ1) is 18.3. The lowest BCUT2D eigenvalue weighted by Gasteiger charge is -2.32. The number of piperidine rings is 1. The maximum Gasteiger partial charge on any atom is 0.231 e. The number of nitrogens with zero attached hydrogens (tertiary/aromatic N) is 1. The number of nitrogens with one attached hydrogen (secondary N) is 1. The number of anilines is 1. The standard InChI is InChI=1S/C23H26N2O4/c1-27-19-5-3-2-4-18(19)24-22(26)17-13-23(17)8-10-25(11-9-23)14-16-6-7-20-21(12-16)29-15-28-20/h2-7,12,17H,8-11,13-15H2,1H3,(H,24,26)/t17-/m0/s1. The molecule has 1 amide bonds. The first-order chi connectivity index (χ1) is 14.2. The summed E-state index contributed by atoms with van der Waals surface area (Å²) < 4.78 is 16.2. The van der Waals surface area contributed by atoms with Crippen molar-refractivity contribution in [3.63, 3.8) is 0 Å². The lowest BCUT2D eigenvalue weighted by Crippen LogP contribution is -2.35. The van der Waals surface area contributed by atoms with E-state index in [-0.39, 0.29) is 17.2 Å². The second kappa shape index (κ2) is 7.26. The Balaban J connectivity index is 1.15. The lowest BCUT2D eigenvalue weighted by atomic mass is 9.90. The predicted octanol–water partition coefficient (Wildman–Crippen LogP) is 3.66. The smallest absolute Gasteiger partial charge is 0.231 e. The monoisotopic (exact) mass is 394 g/mol. The summed E-state index contributed by atoms with van der Waals surface area (Å²) in [5.74, 6) is 2.60. The van der Waals surface area contributed by atoms with Gasteiger partial charge in [-0.05, 0) is 67.6 Å². The molecule has 2 aliphatic heterocycles. The van der Waals surface area contributed by atoms with Gasteiger partial charge in [0.05, 0.1) is 12.8 Å². The summed E-state index contributed by atoms with van der Waals surface area (Å²) >= 11 is 0. The van der Waals surface area contributed by atoms with E-state index in [0.29, 0.717) is 12.5 Å². The van der Waals surface area contributed by atoms with Gasteiger partial charge in [-0.3, -0.25) is 9.69 Å². The van der Waals surface area contributed by atoms with Crippen molar-refractivity contribution in [3.05, 3.63) is 48.0 Å². The van der Waals surface area contributed by atoms with Crippen LogP contribution >= 0.6 is 0 Å². The first-order valence-corrected chi connectivity index (χ1v) is 10.2. The molecule has 0 aromatic heterocycles. The minimum atomic E-state index is 0.111. The predicted molar refractivity (Wildman–Crippen MR) is 109 cm³/mol. The van der Waals surface area contributed by atoms with Crippen LogP contribution in [0.5, 0.6) is 17.2 Å². The number of rotatable bonds is 5. The number of hydrogen-bond acceptors (Lipinski definition) is 5. The van der Waals surface area contributed by atoms with Crippen molar-refractivity contribution in [2.75, 3.05) is 32.3 Å². The molecule has 1 saturated carbocycles. The average Bonchev–Trinajstić information content (AvgIpc) is 3.24. The van der Waals surface area contributed by atoms with Gasteiger partial charge in [-0.1, -0.05) is 18.2 Å². The van der Waals surface area contributed by atoms with Crippen LogP contribution in [0.3, 0.4) is 0 Å². The maximum absolute atomic E-state index is 12.8. The summed E-state index contributed by atoms with van der Waals surface area (Å²) in [4.78, 5) is 15.3. The highest BCUT2D eigenvalue weighted by atomic mass is 16.7. The second-order valence-electron chi connectivity index (χ2n) is 8.27. The minimum Gasteiger partial charge on any atom is -0.495 e. The number of ether oxygens (including phenoxy) is 3. The third-order valence-corrected chi connectivity index (χ3v) is 6.57. The summed E-state index contributed by atoms with van der Waals surface area (Å²) in [7, 11) is 1.62. The van der Waals surface area contributed by atoms with E-state index in [0.717, 1.165) is 56.1 Å². The quantitative estimate of drug-likeness (QED) is 0.839. The van der Waals surface area contributed by atoms with Gasteiger partial charge in [0, 0.05) is 12.5 Å². The van der Waals surface area contributed by atoms with E-state index >= 15 is 0 Å². The van der Waals surface area contributed by atoms with Gasteiger partial charge in [0.2, 0.25) is 12.7 Å². The van der Waals surface area contributed by atoms with Crippen molar-refractivity contribution in [3.8, 4) is 17.2 Å². The highest BCUT2D eigenvalue weighted by Crippen LogP contribution is 2.59. The molecule has 5 rings (SSSR count). The third kappa shape index (κ3) is 3.53. The van der Waals surface area contributed by atoms with Crippen LogP contribution in [-0.2, 0) is 11.3 Å². The van der Waals surface area contributed by atoms with E-state index in [2.05, 4.69) is 22.3 Å². The van der Waals surface area contributed by atoms with E-state index in [9.17, 15) is 4.79 Å². The number of carbonyl (C=O) groups is 1. The molecule has 152 valence electrons. The van der Waals surface area contributed by atoms with Gasteiger partial charge in [0.25, 0.3) is 0 Å². The van der Waals surface area contributed by atoms with E-state index < -0.39 is 0 Å². The zero-order valence-electron chi connectivity index (χ0n) is 16.6. The number of methoxy groups -OCH3 is 1. The van der Waals surface area contributed by atoms with Crippen molar-refractivity contribution < 1.29 is 19.0 Å². The van der Waals surface area contributed by atoms with Gasteiger partial charge in [-0.15, -0.1) is 0 Å². The number of benzene rings is 2. The molecule has 1 spiro atoms. The number of amides is 1. The van der Waals surface area contributed by atoms with E-state index in [1.165, 1.54) is 5.56 Å². The van der Waals surface area contributed by atoms with Crippen molar-refractivity contribution in [1.29, 1.82) is 0 Å². The highest BCUT2D eigenvalue weighted by Gasteiger charge is 2.58. The molecule has 2 aromatic carbocycles. The van der Waals surface area contributed by atoms with Crippen LogP contribution < -0.4 is 19.5 Å². The molecular weight excluding hydrogens is 368 g/mol. The van der Waals surface area contributed by atoms with Crippen molar-refractivity contribution in [1.82, 2.24) is 4.90 Å². The number of hydrogen-bond donors (Lipinski definition) is 1. The van der Waals surface area contributed by atoms with Crippen molar-refractivity contribution in [2.24, 2.45) is 11.3 Å². The molecule has 1 saturated heterocycles. The van der Waals surface area contributed by atoms with Gasteiger partial charge in [0.15, 0.2) is 11.5 Å². The number of fused-ring (bicyclic) bond motifs is 1. The Kier molecular flexibility index (Phi) is 4.59. The molecule has 0 bridgehead atoms. The van der Waals surface area contributed by atoms with E-state index in [4.69, 9.17) is 14.2 Å². The van der Waals surface area contributed by atoms with Crippen LogP contribution in [0.2, 0.25) is 0 Å². The maximum atomic E-state index is 12.8. The van der Waals surface area contributed by atoms with Crippen LogP contribution in [0.15, 0.2) is 42.5 Å². The Bertz CT molecular complexity index is 921. The Hall–Kier alpha value is -2.73. The molecule has 1 aliphatic carbocycles. The number of likely N-dealkylation sites (tertiary alicyclic amines) is 1. The highest BCUT2D eigenvalue weighted by molar-refractivity contribution is 5.96. The first-order valence-electron chi connectivity index (χ1n) is 10.2. The molecular formula is C23H26N2O4. The molecule has 6 heteroatoms. The van der Waals surface area contributed by atoms with Gasteiger partial charge < -0.3 is 19.5 Å². The summed E-state index contributed by atoms with van der Waals surface area (Å²) in [6, 6.07) is 13.7. The molecule has 6 nitrogen and oxygen atoms in total. The van der Waals surface area contributed by atoms with Crippen LogP contribution in [0.4, 0.5) is 5.69 Å². The molecule has 2 fully saturated rings. The van der Waals surface area contributed by atoms with Gasteiger partial charge in [0.1, 0.15) is 5.75 Å². The fourth-order valence-corrected chi connectivity index (χ4v) is 4.69. The summed E-state index contributed by atoms with van der Waals surface area (Å²) in [6.07, 6.45) is 3.13. The fraction of sp³-hybridized carbons (Fsp3) is 0.435. The van der Waals surface area contributed by atoms with Crippen LogP contribution in [0.1, 0.15) is 24.8 Å². The van der Waals surface area contributed by atoms with E-state index in [1.54, 1.807) is 7.11 Å². The molecule has 29 heavy (non-hydrogen) atoms. The lowest BCUT2D eigenvalue weighted by molar-refractivity contribution is -0.118. The Labute approximate surface area is 170 Å². The van der Waals surface area contributed by atoms with Crippen LogP contribution in [0, 0.1) is 11.3 Å². The fourth-order valence-electron chi connectivity index (χ4n) is 4.69. The topological polar surface area (TPSA) is 60.0 Å². The third-order valence-electron chi connectivity index (χ3n) is 6.57. The van der Waals surface area contributed by atoms with Gasteiger partial charge in [-0.25, -0.2) is 0 Å². The Morgan fingerprint density at radius 3 is 2.79 bits per heavy atom. The zero-order valence-corrected chi connectivity index (χ0v) is 16.6. The second-order valence-corrected chi connectivity index (χ2v) is 8.27. The molecule has 2 aromatic rings. The molecule has 0 unspecified atom stereocenters. The summed E-state index contributed by atoms with van der Waals surface area (Å²) in [5, 5.41) is 3.07. The normalized spacial score (nSPS) is 21.8. The average molecular weight is 394 g/mol. The molecule has 2 heterocycles. The number of para-hydroxylation sites is 2. The van der Waals surface area contributed by atoms with Crippen LogP contribution in [-0.4, -0.2) is 37.8 Å². The molecule has 0 radical (unpaired) electrons. The van der Waals surface area contributed by atoms with E-state index in [1.807, 2.05) is 30.3 Å². The Morgan fingerprint density at radius 2 is 1.97 bits per heavy atom. The summed E-state index contributed by atoms with van der Waals surface area (Å²) in [5.41, 5.74) is 2.17. The molecule has 1 N–H and O–H groups in total. The zero-order chi connectivity index (χ0) is 19.8.